The molecule has 2 N–H and O–H groups in total. The summed E-state index contributed by atoms with van der Waals surface area (Å²) in [5, 5.41) is 10.7. The first-order valence-corrected chi connectivity index (χ1v) is 13.8. The van der Waals surface area contributed by atoms with Gasteiger partial charge in [0, 0.05) is 44.0 Å². The highest BCUT2D eigenvalue weighted by atomic mass is 16.6. The number of nitro benzene ring substituents is 1. The Balaban J connectivity index is 0.000000212. The maximum atomic E-state index is 10.7. The minimum absolute atomic E-state index is 0.0213. The highest BCUT2D eigenvalue weighted by molar-refractivity contribution is 5.41. The molecule has 8 heteroatoms. The molecule has 2 aromatic carbocycles. The molecule has 0 spiro atoms. The summed E-state index contributed by atoms with van der Waals surface area (Å²) in [6, 6.07) is 15.2. The van der Waals surface area contributed by atoms with Gasteiger partial charge in [0.15, 0.2) is 0 Å². The lowest BCUT2D eigenvalue weighted by Crippen LogP contribution is -2.38. The molecule has 4 rings (SSSR count). The number of nitrogen functional groups attached to an aromatic ring is 1. The summed E-state index contributed by atoms with van der Waals surface area (Å²) >= 11 is 0. The van der Waals surface area contributed by atoms with Crippen LogP contribution in [0.25, 0.3) is 0 Å². The number of morpholine rings is 2. The van der Waals surface area contributed by atoms with Gasteiger partial charge in [-0.15, -0.1) is 0 Å². The van der Waals surface area contributed by atoms with Crippen molar-refractivity contribution < 1.29 is 14.4 Å². The van der Waals surface area contributed by atoms with E-state index in [1.54, 1.807) is 12.1 Å². The van der Waals surface area contributed by atoms with E-state index in [-0.39, 0.29) is 21.4 Å². The highest BCUT2D eigenvalue weighted by Crippen LogP contribution is 2.29. The second-order valence-electron chi connectivity index (χ2n) is 11.6. The van der Waals surface area contributed by atoms with Gasteiger partial charge >= 0.3 is 0 Å². The zero-order valence-corrected chi connectivity index (χ0v) is 23.7. The van der Waals surface area contributed by atoms with Gasteiger partial charge in [0.1, 0.15) is 0 Å². The molecule has 0 amide bonds. The summed E-state index contributed by atoms with van der Waals surface area (Å²) in [6.45, 7) is 18.7. The van der Waals surface area contributed by atoms with Crippen molar-refractivity contribution >= 4 is 11.4 Å². The van der Waals surface area contributed by atoms with E-state index in [2.05, 4.69) is 49.6 Å². The van der Waals surface area contributed by atoms with Crippen molar-refractivity contribution in [1.29, 1.82) is 0 Å². The number of ether oxygens (including phenoxy) is 2. The van der Waals surface area contributed by atoms with Gasteiger partial charge in [0.2, 0.25) is 0 Å². The largest absolute Gasteiger partial charge is 0.399 e. The second kappa shape index (κ2) is 14.0. The summed E-state index contributed by atoms with van der Waals surface area (Å²) in [5.41, 5.74) is 9.46. The molecule has 8 nitrogen and oxygen atoms in total. The van der Waals surface area contributed by atoms with Crippen LogP contribution in [0, 0.1) is 10.1 Å². The van der Waals surface area contributed by atoms with Crippen LogP contribution in [0.5, 0.6) is 0 Å². The number of hydrogen-bond acceptors (Lipinski definition) is 7. The van der Waals surface area contributed by atoms with Gasteiger partial charge in [-0.2, -0.15) is 0 Å². The topological polar surface area (TPSA) is 94.1 Å². The summed E-state index contributed by atoms with van der Waals surface area (Å²) < 4.78 is 10.7. The summed E-state index contributed by atoms with van der Waals surface area (Å²) in [7, 11) is 0. The predicted octanol–water partition coefficient (Wildman–Crippen LogP) is 4.86. The molecule has 0 aliphatic carbocycles. The van der Waals surface area contributed by atoms with Crippen molar-refractivity contribution in [3.63, 3.8) is 0 Å². The van der Waals surface area contributed by atoms with E-state index in [0.29, 0.717) is 0 Å². The Morgan fingerprint density at radius 2 is 1.11 bits per heavy atom. The van der Waals surface area contributed by atoms with Crippen molar-refractivity contribution in [3.05, 3.63) is 69.8 Å². The van der Waals surface area contributed by atoms with Crippen molar-refractivity contribution in [2.24, 2.45) is 0 Å². The van der Waals surface area contributed by atoms with Crippen molar-refractivity contribution in [2.75, 3.05) is 71.4 Å². The van der Waals surface area contributed by atoms with Crippen LogP contribution in [0.4, 0.5) is 11.4 Å². The monoisotopic (exact) mass is 526 g/mol. The van der Waals surface area contributed by atoms with Crippen LogP contribution in [0.2, 0.25) is 0 Å². The summed E-state index contributed by atoms with van der Waals surface area (Å²) in [5.74, 6) is 0. The fourth-order valence-electron chi connectivity index (χ4n) is 4.78. The predicted molar refractivity (Wildman–Crippen MR) is 154 cm³/mol. The molecule has 38 heavy (non-hydrogen) atoms. The Labute approximate surface area is 228 Å². The molecular formula is C30H46N4O4. The fraction of sp³-hybridized carbons (Fsp3) is 0.600. The number of benzene rings is 2. The number of rotatable bonds is 9. The number of nitrogens with two attached hydrogens (primary N) is 1. The number of nitro groups is 1. The first kappa shape index (κ1) is 30.0. The van der Waals surface area contributed by atoms with Gasteiger partial charge in [-0.3, -0.25) is 19.9 Å². The van der Waals surface area contributed by atoms with Gasteiger partial charge in [-0.05, 0) is 60.0 Å². The third kappa shape index (κ3) is 9.34. The molecule has 0 unspecified atom stereocenters. The van der Waals surface area contributed by atoms with E-state index in [0.717, 1.165) is 89.8 Å². The van der Waals surface area contributed by atoms with Gasteiger partial charge in [-0.25, -0.2) is 0 Å². The van der Waals surface area contributed by atoms with E-state index in [9.17, 15) is 10.1 Å². The normalized spacial score (nSPS) is 17.5. The van der Waals surface area contributed by atoms with Gasteiger partial charge in [-0.1, -0.05) is 52.0 Å². The smallest absolute Gasteiger partial charge is 0.269 e. The van der Waals surface area contributed by atoms with Crippen molar-refractivity contribution in [2.45, 2.75) is 51.4 Å². The average molecular weight is 527 g/mol. The van der Waals surface area contributed by atoms with E-state index >= 15 is 0 Å². The molecule has 0 atom stereocenters. The number of anilines is 1. The third-order valence-corrected chi connectivity index (χ3v) is 7.87. The number of hydrogen-bond donors (Lipinski definition) is 1. The van der Waals surface area contributed by atoms with Gasteiger partial charge in [0.25, 0.3) is 5.69 Å². The number of nitrogens with zero attached hydrogens (tertiary/aromatic N) is 3. The van der Waals surface area contributed by atoms with Gasteiger partial charge in [0.05, 0.1) is 31.4 Å². The van der Waals surface area contributed by atoms with Crippen LogP contribution < -0.4 is 5.73 Å². The molecule has 0 bridgehead atoms. The standard InChI is InChI=1S/C15H22N2O3.C15H24N2O/c1-15(2,7-8-16-9-11-20-12-10-16)13-3-5-14(6-4-13)17(18)19;1-15(2,13-3-5-14(16)6-4-13)7-8-17-9-11-18-12-10-17/h3-6H,7-12H2,1-2H3;3-6H,7-12,16H2,1-2H3. The molecule has 2 aliphatic rings. The van der Waals surface area contributed by atoms with Crippen LogP contribution in [-0.2, 0) is 20.3 Å². The molecule has 2 aliphatic heterocycles. The van der Waals surface area contributed by atoms with Crippen LogP contribution in [0.15, 0.2) is 48.5 Å². The summed E-state index contributed by atoms with van der Waals surface area (Å²) in [4.78, 5) is 15.2. The Bertz CT molecular complexity index is 980. The van der Waals surface area contributed by atoms with Crippen LogP contribution >= 0.6 is 0 Å². The molecule has 0 aromatic heterocycles. The van der Waals surface area contributed by atoms with Crippen LogP contribution in [-0.4, -0.2) is 80.4 Å². The molecule has 0 saturated carbocycles. The maximum Gasteiger partial charge on any atom is 0.269 e. The van der Waals surface area contributed by atoms with Gasteiger partial charge < -0.3 is 15.2 Å². The van der Waals surface area contributed by atoms with E-state index in [4.69, 9.17) is 15.2 Å². The molecule has 210 valence electrons. The minimum atomic E-state index is -0.357. The van der Waals surface area contributed by atoms with Crippen molar-refractivity contribution in [3.8, 4) is 0 Å². The molecule has 2 aromatic rings. The molecule has 2 heterocycles. The Kier molecular flexibility index (Phi) is 11.1. The molecular weight excluding hydrogens is 480 g/mol. The van der Waals surface area contributed by atoms with E-state index in [1.165, 1.54) is 5.56 Å². The molecule has 2 saturated heterocycles. The lowest BCUT2D eigenvalue weighted by atomic mass is 9.81. The minimum Gasteiger partial charge on any atom is -0.399 e. The number of non-ortho nitro benzene ring substituents is 1. The Morgan fingerprint density at radius 3 is 1.47 bits per heavy atom. The molecule has 2 fully saturated rings. The maximum absolute atomic E-state index is 10.7. The third-order valence-electron chi connectivity index (χ3n) is 7.87. The van der Waals surface area contributed by atoms with E-state index < -0.39 is 0 Å². The lowest BCUT2D eigenvalue weighted by Gasteiger charge is -2.32. The molecule has 0 radical (unpaired) electrons. The first-order chi connectivity index (χ1) is 18.1. The van der Waals surface area contributed by atoms with E-state index in [1.807, 2.05) is 24.3 Å². The first-order valence-electron chi connectivity index (χ1n) is 13.8. The Morgan fingerprint density at radius 1 is 0.737 bits per heavy atom. The summed E-state index contributed by atoms with van der Waals surface area (Å²) in [6.07, 6.45) is 2.20. The quantitative estimate of drug-likeness (QED) is 0.283. The lowest BCUT2D eigenvalue weighted by molar-refractivity contribution is -0.384. The second-order valence-corrected chi connectivity index (χ2v) is 11.6. The zero-order valence-electron chi connectivity index (χ0n) is 23.7. The zero-order chi connectivity index (χ0) is 27.6. The SMILES string of the molecule is CC(C)(CCN1CCOCC1)c1ccc(N)cc1.CC(C)(CCN1CCOCC1)c1ccc([N+](=O)[O-])cc1. The van der Waals surface area contributed by atoms with Crippen molar-refractivity contribution in [1.82, 2.24) is 9.80 Å². The average Bonchev–Trinajstić information content (AvgIpc) is 2.93. The fourth-order valence-corrected chi connectivity index (χ4v) is 4.78. The highest BCUT2D eigenvalue weighted by Gasteiger charge is 2.24. The van der Waals surface area contributed by atoms with Crippen LogP contribution in [0.3, 0.4) is 0 Å². The van der Waals surface area contributed by atoms with Crippen LogP contribution in [0.1, 0.15) is 51.7 Å². The Hall–Kier alpha value is -2.52.